The fourth-order valence-electron chi connectivity index (χ4n) is 2.58. The van der Waals surface area contributed by atoms with Crippen molar-refractivity contribution in [2.24, 2.45) is 0 Å². The van der Waals surface area contributed by atoms with Gasteiger partial charge in [0.15, 0.2) is 0 Å². The maximum absolute atomic E-state index is 4.75. The molecule has 0 atom stereocenters. The van der Waals surface area contributed by atoms with Crippen molar-refractivity contribution in [3.63, 3.8) is 0 Å². The van der Waals surface area contributed by atoms with Crippen LogP contribution in [0.2, 0.25) is 0 Å². The summed E-state index contributed by atoms with van der Waals surface area (Å²) in [5, 5.41) is 2.41. The number of aryl methyl sites for hydroxylation is 1. The Morgan fingerprint density at radius 1 is 0.800 bits per heavy atom. The number of hydrogen-bond acceptors (Lipinski definition) is 2. The fraction of sp³-hybridized carbons (Fsp3) is 0.111. The number of fused-ring (bicyclic) bond motifs is 1. The number of benzene rings is 3. The number of thiol groups is 1. The Kier molecular flexibility index (Phi) is 3.41. The van der Waals surface area contributed by atoms with Gasteiger partial charge in [-0.2, -0.15) is 0 Å². The van der Waals surface area contributed by atoms with Gasteiger partial charge in [0.1, 0.15) is 0 Å². The second-order valence-electron chi connectivity index (χ2n) is 5.00. The Morgan fingerprint density at radius 2 is 1.50 bits per heavy atom. The summed E-state index contributed by atoms with van der Waals surface area (Å²) in [4.78, 5) is 3.22. The average molecular weight is 279 g/mol. The van der Waals surface area contributed by atoms with Gasteiger partial charge >= 0.3 is 0 Å². The molecule has 3 aromatic carbocycles. The van der Waals surface area contributed by atoms with Crippen molar-refractivity contribution in [2.75, 3.05) is 11.9 Å². The van der Waals surface area contributed by atoms with Gasteiger partial charge in [-0.3, -0.25) is 0 Å². The predicted molar refractivity (Wildman–Crippen MR) is 90.4 cm³/mol. The van der Waals surface area contributed by atoms with Gasteiger partial charge in [-0.1, -0.05) is 48.5 Å². The van der Waals surface area contributed by atoms with E-state index in [-0.39, 0.29) is 0 Å². The molecule has 3 aromatic rings. The van der Waals surface area contributed by atoms with Crippen LogP contribution in [0.1, 0.15) is 5.56 Å². The molecule has 1 nitrogen and oxygen atoms in total. The molecule has 0 unspecified atom stereocenters. The predicted octanol–water partition coefficient (Wildman–Crippen LogP) is 5.20. The molecule has 0 aliphatic heterocycles. The number of hydrogen-bond donors (Lipinski definition) is 1. The Morgan fingerprint density at radius 3 is 2.30 bits per heavy atom. The summed E-state index contributed by atoms with van der Waals surface area (Å²) in [6.45, 7) is 2.13. The average Bonchev–Trinajstić information content (AvgIpc) is 2.48. The minimum absolute atomic E-state index is 1.02. The molecule has 20 heavy (non-hydrogen) atoms. The van der Waals surface area contributed by atoms with Gasteiger partial charge in [0.2, 0.25) is 0 Å². The van der Waals surface area contributed by atoms with Crippen molar-refractivity contribution < 1.29 is 0 Å². The van der Waals surface area contributed by atoms with E-state index < -0.39 is 0 Å². The van der Waals surface area contributed by atoms with Gasteiger partial charge in [-0.25, -0.2) is 0 Å². The van der Waals surface area contributed by atoms with Crippen molar-refractivity contribution in [2.45, 2.75) is 11.8 Å². The fourth-order valence-corrected chi connectivity index (χ4v) is 3.01. The minimum Gasteiger partial charge on any atom is -0.343 e. The first kappa shape index (κ1) is 13.1. The highest BCUT2D eigenvalue weighted by Crippen LogP contribution is 2.35. The first-order valence-electron chi connectivity index (χ1n) is 6.68. The Balaban J connectivity index is 2.15. The molecule has 0 aliphatic rings. The van der Waals surface area contributed by atoms with E-state index in [9.17, 15) is 0 Å². The SMILES string of the molecule is Cc1ccccc1N(C)c1ccc2ccccc2c1S. The molecule has 0 amide bonds. The largest absolute Gasteiger partial charge is 0.343 e. The first-order valence-corrected chi connectivity index (χ1v) is 7.13. The summed E-state index contributed by atoms with van der Waals surface area (Å²) in [5.74, 6) is 0. The van der Waals surface area contributed by atoms with Gasteiger partial charge in [0, 0.05) is 17.6 Å². The van der Waals surface area contributed by atoms with Crippen LogP contribution in [0.15, 0.2) is 65.6 Å². The summed E-state index contributed by atoms with van der Waals surface area (Å²) < 4.78 is 0. The molecule has 2 heteroatoms. The Bertz CT molecular complexity index is 764. The summed E-state index contributed by atoms with van der Waals surface area (Å²) in [7, 11) is 2.09. The number of para-hydroxylation sites is 1. The molecule has 0 fully saturated rings. The molecule has 0 aliphatic carbocycles. The third-order valence-electron chi connectivity index (χ3n) is 3.72. The van der Waals surface area contributed by atoms with Crippen LogP contribution in [0.5, 0.6) is 0 Å². The molecule has 0 radical (unpaired) electrons. The summed E-state index contributed by atoms with van der Waals surface area (Å²) in [6.07, 6.45) is 0. The molecule has 0 saturated heterocycles. The van der Waals surface area contributed by atoms with E-state index in [1.807, 2.05) is 0 Å². The quantitative estimate of drug-likeness (QED) is 0.631. The summed E-state index contributed by atoms with van der Waals surface area (Å²) in [6, 6.07) is 21.0. The van der Waals surface area contributed by atoms with Crippen LogP contribution in [0.4, 0.5) is 11.4 Å². The highest BCUT2D eigenvalue weighted by atomic mass is 32.1. The van der Waals surface area contributed by atoms with E-state index in [2.05, 4.69) is 79.5 Å². The first-order chi connectivity index (χ1) is 9.68. The third-order valence-corrected chi connectivity index (χ3v) is 4.19. The van der Waals surface area contributed by atoms with Crippen molar-refractivity contribution in [1.29, 1.82) is 0 Å². The van der Waals surface area contributed by atoms with E-state index in [0.717, 1.165) is 10.6 Å². The molecule has 0 N–H and O–H groups in total. The van der Waals surface area contributed by atoms with Crippen LogP contribution in [0.3, 0.4) is 0 Å². The van der Waals surface area contributed by atoms with Crippen LogP contribution in [0.25, 0.3) is 10.8 Å². The topological polar surface area (TPSA) is 3.24 Å². The molecule has 100 valence electrons. The zero-order chi connectivity index (χ0) is 14.1. The number of anilines is 2. The lowest BCUT2D eigenvalue weighted by atomic mass is 10.1. The zero-order valence-electron chi connectivity index (χ0n) is 11.7. The van der Waals surface area contributed by atoms with E-state index >= 15 is 0 Å². The second-order valence-corrected chi connectivity index (χ2v) is 5.45. The highest BCUT2D eigenvalue weighted by molar-refractivity contribution is 7.80. The van der Waals surface area contributed by atoms with Gasteiger partial charge in [0.25, 0.3) is 0 Å². The molecular weight excluding hydrogens is 262 g/mol. The Hall–Kier alpha value is -1.93. The van der Waals surface area contributed by atoms with Gasteiger partial charge in [-0.15, -0.1) is 12.6 Å². The van der Waals surface area contributed by atoms with Crippen LogP contribution in [-0.2, 0) is 0 Å². The molecule has 3 rings (SSSR count). The van der Waals surface area contributed by atoms with E-state index in [0.29, 0.717) is 0 Å². The summed E-state index contributed by atoms with van der Waals surface area (Å²) in [5.41, 5.74) is 3.59. The molecule has 0 spiro atoms. The summed E-state index contributed by atoms with van der Waals surface area (Å²) >= 11 is 4.75. The van der Waals surface area contributed by atoms with Crippen LogP contribution in [0, 0.1) is 6.92 Å². The molecule has 0 saturated carbocycles. The van der Waals surface area contributed by atoms with Crippen molar-refractivity contribution in [3.05, 3.63) is 66.2 Å². The smallest absolute Gasteiger partial charge is 0.0550 e. The molecular formula is C18H17NS. The number of rotatable bonds is 2. The standard InChI is InChI=1S/C18H17NS/c1-13-7-3-6-10-16(13)19(2)17-12-11-14-8-4-5-9-15(14)18(17)20/h3-12,20H,1-2H3. The lowest BCUT2D eigenvalue weighted by Crippen LogP contribution is -2.11. The van der Waals surface area contributed by atoms with Crippen molar-refractivity contribution >= 4 is 34.8 Å². The zero-order valence-corrected chi connectivity index (χ0v) is 12.6. The highest BCUT2D eigenvalue weighted by Gasteiger charge is 2.11. The Labute approximate surface area is 125 Å². The third kappa shape index (κ3) is 2.16. The van der Waals surface area contributed by atoms with Crippen LogP contribution < -0.4 is 4.90 Å². The van der Waals surface area contributed by atoms with E-state index in [1.54, 1.807) is 0 Å². The molecule has 0 bridgehead atoms. The van der Waals surface area contributed by atoms with E-state index in [1.165, 1.54) is 22.0 Å². The molecule has 0 aromatic heterocycles. The van der Waals surface area contributed by atoms with Crippen LogP contribution in [-0.4, -0.2) is 7.05 Å². The van der Waals surface area contributed by atoms with Crippen molar-refractivity contribution in [3.8, 4) is 0 Å². The van der Waals surface area contributed by atoms with Gasteiger partial charge in [-0.05, 0) is 35.4 Å². The van der Waals surface area contributed by atoms with Gasteiger partial charge in [0.05, 0.1) is 5.69 Å². The normalized spacial score (nSPS) is 10.8. The second kappa shape index (κ2) is 5.22. The monoisotopic (exact) mass is 279 g/mol. The van der Waals surface area contributed by atoms with E-state index in [4.69, 9.17) is 12.6 Å². The minimum atomic E-state index is 1.02. The van der Waals surface area contributed by atoms with Crippen LogP contribution >= 0.6 is 12.6 Å². The molecule has 0 heterocycles. The lowest BCUT2D eigenvalue weighted by Gasteiger charge is -2.23. The maximum atomic E-state index is 4.75. The van der Waals surface area contributed by atoms with Crippen molar-refractivity contribution in [1.82, 2.24) is 0 Å². The van der Waals surface area contributed by atoms with Gasteiger partial charge < -0.3 is 4.90 Å². The lowest BCUT2D eigenvalue weighted by molar-refractivity contribution is 1.16. The number of nitrogens with zero attached hydrogens (tertiary/aromatic N) is 1. The maximum Gasteiger partial charge on any atom is 0.0550 e.